The molecule has 0 spiro atoms. The summed E-state index contributed by atoms with van der Waals surface area (Å²) < 4.78 is 6.05. The molecule has 2 unspecified atom stereocenters. The Morgan fingerprint density at radius 3 is 2.35 bits per heavy atom. The summed E-state index contributed by atoms with van der Waals surface area (Å²) in [4.78, 5) is 0. The molecule has 17 heavy (non-hydrogen) atoms. The third-order valence-corrected chi connectivity index (χ3v) is 2.90. The standard InChI is InChI=1S/C14H22ClNO/c1-5-12(16)13(17-14(2,3)4)10-8-6-7-9-11(10)15/h6-9,12-13H,5,16H2,1-4H3. The molecule has 0 heterocycles. The van der Waals surface area contributed by atoms with Crippen LogP contribution in [0.15, 0.2) is 24.3 Å². The third kappa shape index (κ3) is 4.30. The van der Waals surface area contributed by atoms with E-state index >= 15 is 0 Å². The summed E-state index contributed by atoms with van der Waals surface area (Å²) in [7, 11) is 0. The van der Waals surface area contributed by atoms with Crippen LogP contribution in [0.1, 0.15) is 45.8 Å². The molecule has 2 atom stereocenters. The molecule has 0 saturated carbocycles. The molecule has 0 radical (unpaired) electrons. The Kier molecular flexibility index (Phi) is 4.99. The van der Waals surface area contributed by atoms with Gasteiger partial charge < -0.3 is 10.5 Å². The zero-order valence-corrected chi connectivity index (χ0v) is 11.8. The number of ether oxygens (including phenoxy) is 1. The van der Waals surface area contributed by atoms with Gasteiger partial charge >= 0.3 is 0 Å². The highest BCUT2D eigenvalue weighted by molar-refractivity contribution is 6.31. The second-order valence-corrected chi connectivity index (χ2v) is 5.65. The summed E-state index contributed by atoms with van der Waals surface area (Å²) in [5.74, 6) is 0. The SMILES string of the molecule is CCC(N)C(OC(C)(C)C)c1ccccc1Cl. The van der Waals surface area contributed by atoms with Crippen molar-refractivity contribution in [2.75, 3.05) is 0 Å². The highest BCUT2D eigenvalue weighted by atomic mass is 35.5. The van der Waals surface area contributed by atoms with Crippen molar-refractivity contribution < 1.29 is 4.74 Å². The van der Waals surface area contributed by atoms with Gasteiger partial charge in [0.2, 0.25) is 0 Å². The summed E-state index contributed by atoms with van der Waals surface area (Å²) in [5, 5.41) is 0.714. The lowest BCUT2D eigenvalue weighted by atomic mass is 9.99. The molecule has 1 aromatic rings. The van der Waals surface area contributed by atoms with Crippen molar-refractivity contribution >= 4 is 11.6 Å². The molecule has 0 aromatic heterocycles. The van der Waals surface area contributed by atoms with Crippen molar-refractivity contribution in [1.29, 1.82) is 0 Å². The highest BCUT2D eigenvalue weighted by Crippen LogP contribution is 2.31. The largest absolute Gasteiger partial charge is 0.366 e. The van der Waals surface area contributed by atoms with Gasteiger partial charge in [0.25, 0.3) is 0 Å². The molecule has 96 valence electrons. The lowest BCUT2D eigenvalue weighted by molar-refractivity contribution is -0.0728. The fourth-order valence-electron chi connectivity index (χ4n) is 1.68. The van der Waals surface area contributed by atoms with Crippen LogP contribution in [0.4, 0.5) is 0 Å². The molecule has 0 aliphatic rings. The van der Waals surface area contributed by atoms with Crippen molar-refractivity contribution in [1.82, 2.24) is 0 Å². The molecule has 0 aliphatic heterocycles. The average Bonchev–Trinajstić information content (AvgIpc) is 2.25. The van der Waals surface area contributed by atoms with Crippen molar-refractivity contribution in [3.8, 4) is 0 Å². The van der Waals surface area contributed by atoms with Gasteiger partial charge in [-0.15, -0.1) is 0 Å². The molecule has 1 aromatic carbocycles. The fraction of sp³-hybridized carbons (Fsp3) is 0.571. The Bertz CT molecular complexity index is 359. The zero-order chi connectivity index (χ0) is 13.1. The fourth-order valence-corrected chi connectivity index (χ4v) is 1.93. The summed E-state index contributed by atoms with van der Waals surface area (Å²) in [5.41, 5.74) is 6.87. The van der Waals surface area contributed by atoms with E-state index < -0.39 is 0 Å². The number of hydrogen-bond acceptors (Lipinski definition) is 2. The average molecular weight is 256 g/mol. The molecule has 2 nitrogen and oxygen atoms in total. The number of nitrogens with two attached hydrogens (primary N) is 1. The molecule has 2 N–H and O–H groups in total. The van der Waals surface area contributed by atoms with Crippen LogP contribution in [0.25, 0.3) is 0 Å². The van der Waals surface area contributed by atoms with Crippen molar-refractivity contribution in [3.05, 3.63) is 34.9 Å². The number of rotatable bonds is 4. The van der Waals surface area contributed by atoms with Gasteiger partial charge in [0.1, 0.15) is 0 Å². The molecule has 0 amide bonds. The van der Waals surface area contributed by atoms with Crippen LogP contribution in [0, 0.1) is 0 Å². The first-order chi connectivity index (χ1) is 7.85. The van der Waals surface area contributed by atoms with Gasteiger partial charge in [-0.25, -0.2) is 0 Å². The van der Waals surface area contributed by atoms with E-state index in [1.54, 1.807) is 0 Å². The Morgan fingerprint density at radius 2 is 1.88 bits per heavy atom. The van der Waals surface area contributed by atoms with E-state index in [1.165, 1.54) is 0 Å². The van der Waals surface area contributed by atoms with Crippen LogP contribution in [0.3, 0.4) is 0 Å². The van der Waals surface area contributed by atoms with E-state index in [9.17, 15) is 0 Å². The minimum atomic E-state index is -0.239. The molecule has 1 rings (SSSR count). The van der Waals surface area contributed by atoms with Gasteiger partial charge in [-0.1, -0.05) is 36.7 Å². The molecule has 3 heteroatoms. The van der Waals surface area contributed by atoms with Gasteiger partial charge in [-0.2, -0.15) is 0 Å². The number of halogens is 1. The Hall–Kier alpha value is -0.570. The summed E-state index contributed by atoms with van der Waals surface area (Å²) in [6, 6.07) is 7.68. The van der Waals surface area contributed by atoms with E-state index in [2.05, 4.69) is 6.92 Å². The van der Waals surface area contributed by atoms with Crippen molar-refractivity contribution in [3.63, 3.8) is 0 Å². The normalized spacial score (nSPS) is 15.6. The lowest BCUT2D eigenvalue weighted by Crippen LogP contribution is -2.35. The molecule has 0 bridgehead atoms. The van der Waals surface area contributed by atoms with Crippen LogP contribution < -0.4 is 5.73 Å². The minimum absolute atomic E-state index is 0.0471. The second kappa shape index (κ2) is 5.85. The maximum atomic E-state index is 6.21. The molecular weight excluding hydrogens is 234 g/mol. The summed E-state index contributed by atoms with van der Waals surface area (Å²) in [6.45, 7) is 8.14. The lowest BCUT2D eigenvalue weighted by Gasteiger charge is -2.32. The van der Waals surface area contributed by atoms with Gasteiger partial charge in [-0.3, -0.25) is 0 Å². The van der Waals surface area contributed by atoms with E-state index in [4.69, 9.17) is 22.1 Å². The van der Waals surface area contributed by atoms with E-state index in [-0.39, 0.29) is 17.7 Å². The van der Waals surface area contributed by atoms with Gasteiger partial charge in [0.05, 0.1) is 11.7 Å². The highest BCUT2D eigenvalue weighted by Gasteiger charge is 2.26. The first-order valence-electron chi connectivity index (χ1n) is 6.03. The maximum Gasteiger partial charge on any atom is 0.0997 e. The number of benzene rings is 1. The predicted octanol–water partition coefficient (Wildman–Crippen LogP) is 3.93. The minimum Gasteiger partial charge on any atom is -0.366 e. The van der Waals surface area contributed by atoms with Gasteiger partial charge in [-0.05, 0) is 33.3 Å². The second-order valence-electron chi connectivity index (χ2n) is 5.24. The summed E-state index contributed by atoms with van der Waals surface area (Å²) in [6.07, 6.45) is 0.695. The molecule has 0 aliphatic carbocycles. The zero-order valence-electron chi connectivity index (χ0n) is 11.0. The van der Waals surface area contributed by atoms with E-state index in [0.29, 0.717) is 5.02 Å². The molecule has 0 saturated heterocycles. The topological polar surface area (TPSA) is 35.2 Å². The molecule has 0 fully saturated rings. The third-order valence-electron chi connectivity index (χ3n) is 2.55. The number of hydrogen-bond donors (Lipinski definition) is 1. The van der Waals surface area contributed by atoms with Crippen LogP contribution in [-0.4, -0.2) is 11.6 Å². The Balaban J connectivity index is 3.03. The van der Waals surface area contributed by atoms with Crippen LogP contribution in [0.2, 0.25) is 5.02 Å². The monoisotopic (exact) mass is 255 g/mol. The van der Waals surface area contributed by atoms with Crippen LogP contribution in [-0.2, 0) is 4.74 Å². The Morgan fingerprint density at radius 1 is 1.29 bits per heavy atom. The van der Waals surface area contributed by atoms with E-state index in [0.717, 1.165) is 12.0 Å². The first kappa shape index (κ1) is 14.5. The van der Waals surface area contributed by atoms with Gasteiger partial charge in [0, 0.05) is 16.6 Å². The van der Waals surface area contributed by atoms with E-state index in [1.807, 2.05) is 45.0 Å². The molecular formula is C14H22ClNO. The first-order valence-corrected chi connectivity index (χ1v) is 6.40. The van der Waals surface area contributed by atoms with Crippen molar-refractivity contribution in [2.45, 2.75) is 51.9 Å². The van der Waals surface area contributed by atoms with Crippen molar-refractivity contribution in [2.24, 2.45) is 5.73 Å². The van der Waals surface area contributed by atoms with Crippen LogP contribution >= 0.6 is 11.6 Å². The maximum absolute atomic E-state index is 6.21. The Labute approximate surface area is 109 Å². The summed E-state index contributed by atoms with van der Waals surface area (Å²) >= 11 is 6.21. The quantitative estimate of drug-likeness (QED) is 0.885. The van der Waals surface area contributed by atoms with Gasteiger partial charge in [0.15, 0.2) is 0 Å². The van der Waals surface area contributed by atoms with Crippen LogP contribution in [0.5, 0.6) is 0 Å². The predicted molar refractivity (Wildman–Crippen MR) is 73.3 cm³/mol. The smallest absolute Gasteiger partial charge is 0.0997 e.